The Labute approximate surface area is 140 Å². The molecule has 0 fully saturated rings. The van der Waals surface area contributed by atoms with E-state index in [1.807, 2.05) is 0 Å². The van der Waals surface area contributed by atoms with Crippen molar-refractivity contribution in [3.05, 3.63) is 10.6 Å². The Morgan fingerprint density at radius 2 is 2.27 bits per heavy atom. The number of halogens is 1. The van der Waals surface area contributed by atoms with Gasteiger partial charge in [0.25, 0.3) is 0 Å². The summed E-state index contributed by atoms with van der Waals surface area (Å²) in [7, 11) is 1.65. The second-order valence-electron chi connectivity index (χ2n) is 6.31. The van der Waals surface area contributed by atoms with Crippen LogP contribution in [0.3, 0.4) is 0 Å². The molecule has 0 aromatic rings. The van der Waals surface area contributed by atoms with Crippen molar-refractivity contribution in [2.75, 3.05) is 26.8 Å². The van der Waals surface area contributed by atoms with Crippen molar-refractivity contribution in [2.24, 2.45) is 0 Å². The number of ether oxygens (including phenoxy) is 2. The SMILES string of the molecule is COCC1CC=C(Br)CN1CC(C=O)NC(=O)OC(C)(C)C. The molecule has 0 aromatic carbocycles. The Bertz CT molecular complexity index is 420. The number of hydrogen-bond donors (Lipinski definition) is 1. The van der Waals surface area contributed by atoms with E-state index in [9.17, 15) is 9.59 Å². The van der Waals surface area contributed by atoms with Crippen molar-refractivity contribution in [1.82, 2.24) is 10.2 Å². The first-order valence-corrected chi connectivity index (χ1v) is 8.06. The fraction of sp³-hybridized carbons (Fsp3) is 0.733. The number of amides is 1. The highest BCUT2D eigenvalue weighted by Gasteiger charge is 2.26. The van der Waals surface area contributed by atoms with Gasteiger partial charge in [-0.15, -0.1) is 0 Å². The highest BCUT2D eigenvalue weighted by molar-refractivity contribution is 9.11. The smallest absolute Gasteiger partial charge is 0.408 e. The van der Waals surface area contributed by atoms with E-state index in [-0.39, 0.29) is 6.04 Å². The van der Waals surface area contributed by atoms with Crippen LogP contribution in [0.4, 0.5) is 4.79 Å². The normalized spacial score (nSPS) is 21.0. The molecule has 2 unspecified atom stereocenters. The summed E-state index contributed by atoms with van der Waals surface area (Å²) in [6.07, 6.45) is 3.10. The summed E-state index contributed by atoms with van der Waals surface area (Å²) in [6.45, 7) is 7.03. The molecule has 0 aromatic heterocycles. The van der Waals surface area contributed by atoms with Gasteiger partial charge in [-0.05, 0) is 27.2 Å². The van der Waals surface area contributed by atoms with Gasteiger partial charge in [0.1, 0.15) is 17.9 Å². The van der Waals surface area contributed by atoms with Crippen LogP contribution in [0.2, 0.25) is 0 Å². The highest BCUT2D eigenvalue weighted by Crippen LogP contribution is 2.20. The van der Waals surface area contributed by atoms with Crippen LogP contribution < -0.4 is 5.32 Å². The first kappa shape index (κ1) is 19.1. The molecule has 7 heteroatoms. The first-order chi connectivity index (χ1) is 10.2. The van der Waals surface area contributed by atoms with Gasteiger partial charge in [-0.25, -0.2) is 4.79 Å². The van der Waals surface area contributed by atoms with E-state index in [0.29, 0.717) is 19.7 Å². The number of nitrogens with one attached hydrogen (secondary N) is 1. The maximum atomic E-state index is 11.8. The van der Waals surface area contributed by atoms with Crippen molar-refractivity contribution in [2.45, 2.75) is 44.9 Å². The van der Waals surface area contributed by atoms with Gasteiger partial charge in [0, 0.05) is 30.7 Å². The lowest BCUT2D eigenvalue weighted by Gasteiger charge is -2.35. The molecule has 2 atom stereocenters. The van der Waals surface area contributed by atoms with Gasteiger partial charge in [0.15, 0.2) is 0 Å². The number of alkyl carbamates (subject to hydrolysis) is 1. The molecule has 0 spiro atoms. The molecule has 1 amide bonds. The number of rotatable bonds is 6. The van der Waals surface area contributed by atoms with Gasteiger partial charge in [0.05, 0.1) is 6.61 Å². The second kappa shape index (κ2) is 8.64. The van der Waals surface area contributed by atoms with Gasteiger partial charge >= 0.3 is 6.09 Å². The Kier molecular flexibility index (Phi) is 7.52. The minimum atomic E-state index is -0.618. The molecular formula is C15H25BrN2O4. The van der Waals surface area contributed by atoms with Crippen LogP contribution in [0.15, 0.2) is 10.6 Å². The lowest BCUT2D eigenvalue weighted by atomic mass is 10.1. The molecule has 0 bridgehead atoms. The largest absolute Gasteiger partial charge is 0.444 e. The average molecular weight is 377 g/mol. The number of carbonyl (C=O) groups excluding carboxylic acids is 2. The maximum absolute atomic E-state index is 11.8. The Morgan fingerprint density at radius 3 is 2.82 bits per heavy atom. The van der Waals surface area contributed by atoms with Crippen molar-refractivity contribution in [1.29, 1.82) is 0 Å². The summed E-state index contributed by atoms with van der Waals surface area (Å²) >= 11 is 3.49. The number of hydrogen-bond acceptors (Lipinski definition) is 5. The molecule has 6 nitrogen and oxygen atoms in total. The quantitative estimate of drug-likeness (QED) is 0.718. The Hall–Kier alpha value is -0.920. The standard InChI is InChI=1S/C15H25BrN2O4/c1-15(2,3)22-14(20)17-12(9-19)8-18-7-11(16)5-6-13(18)10-21-4/h5,9,12-13H,6-8,10H2,1-4H3,(H,17,20). The van der Waals surface area contributed by atoms with E-state index in [0.717, 1.165) is 17.2 Å². The predicted molar refractivity (Wildman–Crippen MR) is 88.1 cm³/mol. The van der Waals surface area contributed by atoms with Crippen LogP contribution in [0.25, 0.3) is 0 Å². The average Bonchev–Trinajstić information content (AvgIpc) is 2.39. The number of carbonyl (C=O) groups is 2. The van der Waals surface area contributed by atoms with Gasteiger partial charge in [-0.2, -0.15) is 0 Å². The molecule has 1 N–H and O–H groups in total. The predicted octanol–water partition coefficient (Wildman–Crippen LogP) is 2.08. The lowest BCUT2D eigenvalue weighted by molar-refractivity contribution is -0.110. The van der Waals surface area contributed by atoms with Crippen LogP contribution in [-0.2, 0) is 14.3 Å². The zero-order chi connectivity index (χ0) is 16.8. The number of aldehydes is 1. The minimum absolute atomic E-state index is 0.189. The molecule has 0 aliphatic carbocycles. The fourth-order valence-corrected chi connectivity index (χ4v) is 2.72. The van der Waals surface area contributed by atoms with E-state index in [4.69, 9.17) is 9.47 Å². The van der Waals surface area contributed by atoms with Crippen LogP contribution in [0.1, 0.15) is 27.2 Å². The molecule has 1 heterocycles. The van der Waals surface area contributed by atoms with E-state index < -0.39 is 17.7 Å². The molecule has 0 saturated carbocycles. The van der Waals surface area contributed by atoms with Crippen molar-refractivity contribution in [3.8, 4) is 0 Å². The van der Waals surface area contributed by atoms with E-state index in [1.165, 1.54) is 0 Å². The summed E-state index contributed by atoms with van der Waals surface area (Å²) in [5, 5.41) is 2.60. The molecule has 1 aliphatic rings. The summed E-state index contributed by atoms with van der Waals surface area (Å²) in [5.74, 6) is 0. The Morgan fingerprint density at radius 1 is 1.59 bits per heavy atom. The first-order valence-electron chi connectivity index (χ1n) is 7.27. The number of methoxy groups -OCH3 is 1. The minimum Gasteiger partial charge on any atom is -0.444 e. The van der Waals surface area contributed by atoms with E-state index in [1.54, 1.807) is 27.9 Å². The van der Waals surface area contributed by atoms with Gasteiger partial charge in [-0.3, -0.25) is 4.90 Å². The molecule has 22 heavy (non-hydrogen) atoms. The monoisotopic (exact) mass is 376 g/mol. The van der Waals surface area contributed by atoms with Crippen LogP contribution in [-0.4, -0.2) is 61.8 Å². The highest BCUT2D eigenvalue weighted by atomic mass is 79.9. The Balaban J connectivity index is 2.61. The summed E-state index contributed by atoms with van der Waals surface area (Å²) in [5.41, 5.74) is -0.590. The third-order valence-electron chi connectivity index (χ3n) is 3.14. The third-order valence-corrected chi connectivity index (χ3v) is 3.71. The third kappa shape index (κ3) is 6.89. The van der Waals surface area contributed by atoms with Gasteiger partial charge in [-0.1, -0.05) is 22.0 Å². The summed E-state index contributed by atoms with van der Waals surface area (Å²) in [4.78, 5) is 25.2. The topological polar surface area (TPSA) is 67.9 Å². The fourth-order valence-electron chi connectivity index (χ4n) is 2.21. The van der Waals surface area contributed by atoms with E-state index >= 15 is 0 Å². The summed E-state index contributed by atoms with van der Waals surface area (Å²) in [6, 6.07) is -0.429. The van der Waals surface area contributed by atoms with Crippen LogP contribution >= 0.6 is 15.9 Å². The van der Waals surface area contributed by atoms with Crippen molar-refractivity contribution >= 4 is 28.3 Å². The zero-order valence-corrected chi connectivity index (χ0v) is 15.2. The number of nitrogens with zero attached hydrogens (tertiary/aromatic N) is 1. The van der Waals surface area contributed by atoms with Crippen LogP contribution in [0.5, 0.6) is 0 Å². The van der Waals surface area contributed by atoms with E-state index in [2.05, 4.69) is 32.2 Å². The van der Waals surface area contributed by atoms with Crippen LogP contribution in [0, 0.1) is 0 Å². The molecule has 1 aliphatic heterocycles. The molecule has 0 saturated heterocycles. The van der Waals surface area contributed by atoms with Crippen molar-refractivity contribution in [3.63, 3.8) is 0 Å². The summed E-state index contributed by atoms with van der Waals surface area (Å²) < 4.78 is 11.5. The lowest BCUT2D eigenvalue weighted by Crippen LogP contribution is -2.51. The second-order valence-corrected chi connectivity index (χ2v) is 7.33. The van der Waals surface area contributed by atoms with Gasteiger partial charge in [0.2, 0.25) is 0 Å². The maximum Gasteiger partial charge on any atom is 0.408 e. The zero-order valence-electron chi connectivity index (χ0n) is 13.6. The molecular weight excluding hydrogens is 352 g/mol. The van der Waals surface area contributed by atoms with Crippen molar-refractivity contribution < 1.29 is 19.1 Å². The molecule has 1 rings (SSSR count). The molecule has 126 valence electrons. The molecule has 0 radical (unpaired) electrons. The van der Waals surface area contributed by atoms with Gasteiger partial charge < -0.3 is 19.6 Å².